The number of hydrogen-bond donors (Lipinski definition) is 2. The Balaban J connectivity index is 4.78. The number of rotatable bonds is 57. The number of unbranched alkanes of at least 4 members (excludes halogenated alkanes) is 27. The molecule has 0 saturated heterocycles. The van der Waals surface area contributed by atoms with Crippen molar-refractivity contribution in [3.8, 4) is 0 Å². The van der Waals surface area contributed by atoms with Gasteiger partial charge in [0.05, 0.1) is 13.2 Å². The van der Waals surface area contributed by atoms with Gasteiger partial charge in [0.15, 0.2) is 0 Å². The molecular formula is C63H121N3O10. The highest BCUT2D eigenvalue weighted by molar-refractivity contribution is 5.73. The molecule has 0 aromatic heterocycles. The van der Waals surface area contributed by atoms with Gasteiger partial charge in [-0.3, -0.25) is 14.4 Å². The summed E-state index contributed by atoms with van der Waals surface area (Å²) in [4.78, 5) is 66.0. The molecule has 76 heavy (non-hydrogen) atoms. The molecule has 0 aliphatic carbocycles. The van der Waals surface area contributed by atoms with Crippen molar-refractivity contribution in [1.29, 1.82) is 0 Å². The standard InChI is InChI=1S/C63H121N3O10/c1-7-13-17-21-26-34-43-57(44-35-27-22-18-14-8-2)75-60(68)48-39-30-25-33-41-50-64-62(70)65-53-56(55-74-63(71)72-52-42-51-66(11-5)12-6)54-73-59(67)47-38-31-32-40-49-61(69)76-58(45-36-28-23-19-15-9-3)46-37-29-24-20-16-10-4/h56-58H,7-55H2,1-6H3,(H2,64,65,70). The number of hydrogen-bond acceptors (Lipinski definition) is 11. The molecule has 0 aliphatic rings. The van der Waals surface area contributed by atoms with Crippen LogP contribution in [0, 0.1) is 5.92 Å². The molecule has 1 atom stereocenters. The Bertz CT molecular complexity index is 1300. The molecule has 0 rings (SSSR count). The maximum Gasteiger partial charge on any atom is 0.508 e. The van der Waals surface area contributed by atoms with Crippen molar-refractivity contribution in [2.45, 2.75) is 317 Å². The van der Waals surface area contributed by atoms with E-state index in [1.165, 1.54) is 128 Å². The molecular weight excluding hydrogens is 959 g/mol. The van der Waals surface area contributed by atoms with Gasteiger partial charge in [-0.2, -0.15) is 0 Å². The lowest BCUT2D eigenvalue weighted by atomic mass is 10.0. The Hall–Kier alpha value is -3.09. The number of nitrogens with one attached hydrogen (secondary N) is 2. The fraction of sp³-hybridized carbons (Fsp3) is 0.921. The SMILES string of the molecule is CCCCCCCCC(CCCCCCCC)OC(=O)CCCCCCCNC(=O)NCC(COC(=O)CCCCCCC(=O)OC(CCCCCCCC)CCCCCCCC)COC(=O)OCCCN(CC)CC. The normalized spacial score (nSPS) is 11.8. The van der Waals surface area contributed by atoms with E-state index in [1.54, 1.807) is 0 Å². The number of ether oxygens (including phenoxy) is 5. The lowest BCUT2D eigenvalue weighted by Gasteiger charge is -2.19. The van der Waals surface area contributed by atoms with Gasteiger partial charge in [-0.05, 0) is 96.6 Å². The van der Waals surface area contributed by atoms with Crippen molar-refractivity contribution in [3.05, 3.63) is 0 Å². The first-order valence-electron chi connectivity index (χ1n) is 32.2. The zero-order valence-electron chi connectivity index (χ0n) is 50.4. The van der Waals surface area contributed by atoms with Gasteiger partial charge in [-0.25, -0.2) is 9.59 Å². The van der Waals surface area contributed by atoms with E-state index in [2.05, 4.69) is 57.1 Å². The minimum absolute atomic E-state index is 0.0148. The van der Waals surface area contributed by atoms with Gasteiger partial charge in [0, 0.05) is 44.8 Å². The minimum atomic E-state index is -0.789. The Kier molecular flexibility index (Phi) is 54.3. The molecule has 0 aromatic carbocycles. The van der Waals surface area contributed by atoms with E-state index in [0.29, 0.717) is 32.2 Å². The van der Waals surface area contributed by atoms with E-state index in [4.69, 9.17) is 23.7 Å². The van der Waals surface area contributed by atoms with Gasteiger partial charge in [-0.15, -0.1) is 0 Å². The zero-order valence-corrected chi connectivity index (χ0v) is 50.4. The summed E-state index contributed by atoms with van der Waals surface area (Å²) < 4.78 is 28.3. The lowest BCUT2D eigenvalue weighted by Crippen LogP contribution is -2.41. The third kappa shape index (κ3) is 50.4. The average molecular weight is 1080 g/mol. The number of carbonyl (C=O) groups is 5. The third-order valence-corrected chi connectivity index (χ3v) is 14.7. The Morgan fingerprint density at radius 3 is 1.17 bits per heavy atom. The van der Waals surface area contributed by atoms with Crippen LogP contribution in [0.3, 0.4) is 0 Å². The van der Waals surface area contributed by atoms with Crippen molar-refractivity contribution < 1.29 is 47.7 Å². The molecule has 0 fully saturated rings. The van der Waals surface area contributed by atoms with E-state index >= 15 is 0 Å². The van der Waals surface area contributed by atoms with E-state index in [9.17, 15) is 24.0 Å². The summed E-state index contributed by atoms with van der Waals surface area (Å²) >= 11 is 0. The van der Waals surface area contributed by atoms with E-state index in [1.807, 2.05) is 0 Å². The molecule has 0 spiro atoms. The van der Waals surface area contributed by atoms with Crippen LogP contribution in [0.1, 0.15) is 305 Å². The molecule has 0 radical (unpaired) electrons. The monoisotopic (exact) mass is 1080 g/mol. The van der Waals surface area contributed by atoms with Crippen molar-refractivity contribution in [1.82, 2.24) is 15.5 Å². The number of urea groups is 1. The van der Waals surface area contributed by atoms with Crippen LogP contribution in [-0.4, -0.2) is 99.7 Å². The van der Waals surface area contributed by atoms with Crippen molar-refractivity contribution >= 4 is 30.1 Å². The highest BCUT2D eigenvalue weighted by Gasteiger charge is 2.19. The molecule has 0 saturated carbocycles. The molecule has 2 amide bonds. The number of esters is 3. The Morgan fingerprint density at radius 1 is 0.382 bits per heavy atom. The van der Waals surface area contributed by atoms with E-state index in [-0.39, 0.29) is 68.9 Å². The zero-order chi connectivity index (χ0) is 55.8. The summed E-state index contributed by atoms with van der Waals surface area (Å²) in [6, 6.07) is -0.343. The first-order chi connectivity index (χ1) is 37.1. The van der Waals surface area contributed by atoms with E-state index in [0.717, 1.165) is 122 Å². The second kappa shape index (κ2) is 56.6. The number of carbonyl (C=O) groups excluding carboxylic acids is 5. The summed E-state index contributed by atoms with van der Waals surface area (Å²) in [5.41, 5.74) is 0. The molecule has 1 unspecified atom stereocenters. The highest BCUT2D eigenvalue weighted by atomic mass is 16.7. The molecule has 2 N–H and O–H groups in total. The highest BCUT2D eigenvalue weighted by Crippen LogP contribution is 2.20. The first-order valence-corrected chi connectivity index (χ1v) is 32.2. The number of nitrogens with zero attached hydrogens (tertiary/aromatic N) is 1. The summed E-state index contributed by atoms with van der Waals surface area (Å²) in [6.07, 6.45) is 42.0. The van der Waals surface area contributed by atoms with Crippen molar-refractivity contribution in [2.24, 2.45) is 5.92 Å². The molecule has 0 aliphatic heterocycles. The smallest absolute Gasteiger partial charge is 0.465 e. The Morgan fingerprint density at radius 2 is 0.750 bits per heavy atom. The van der Waals surface area contributed by atoms with Crippen LogP contribution >= 0.6 is 0 Å². The van der Waals surface area contributed by atoms with Crippen LogP contribution < -0.4 is 10.6 Å². The Labute approximate surface area is 467 Å². The molecule has 0 heterocycles. The van der Waals surface area contributed by atoms with Gasteiger partial charge < -0.3 is 39.2 Å². The maximum atomic E-state index is 12.8. The number of amides is 2. The average Bonchev–Trinajstić information content (AvgIpc) is 3.41. The van der Waals surface area contributed by atoms with Crippen molar-refractivity contribution in [2.75, 3.05) is 52.5 Å². The summed E-state index contributed by atoms with van der Waals surface area (Å²) in [7, 11) is 0. The van der Waals surface area contributed by atoms with Gasteiger partial charge in [-0.1, -0.05) is 202 Å². The predicted octanol–water partition coefficient (Wildman–Crippen LogP) is 16.8. The topological polar surface area (TPSA) is 159 Å². The third-order valence-electron chi connectivity index (χ3n) is 14.7. The second-order valence-electron chi connectivity index (χ2n) is 21.9. The minimum Gasteiger partial charge on any atom is -0.465 e. The van der Waals surface area contributed by atoms with Gasteiger partial charge in [0.25, 0.3) is 0 Å². The fourth-order valence-corrected chi connectivity index (χ4v) is 9.60. The van der Waals surface area contributed by atoms with Crippen LogP contribution in [0.4, 0.5) is 9.59 Å². The summed E-state index contributed by atoms with van der Waals surface area (Å²) in [5.74, 6) is -0.997. The molecule has 448 valence electrons. The van der Waals surface area contributed by atoms with Crippen LogP contribution in [0.15, 0.2) is 0 Å². The first kappa shape index (κ1) is 72.9. The van der Waals surface area contributed by atoms with Gasteiger partial charge in [0.1, 0.15) is 18.8 Å². The van der Waals surface area contributed by atoms with Crippen molar-refractivity contribution in [3.63, 3.8) is 0 Å². The fourth-order valence-electron chi connectivity index (χ4n) is 9.60. The molecule has 0 aromatic rings. The maximum absolute atomic E-state index is 12.8. The predicted molar refractivity (Wildman–Crippen MR) is 313 cm³/mol. The quantitative estimate of drug-likeness (QED) is 0.0339. The second-order valence-corrected chi connectivity index (χ2v) is 21.9. The largest absolute Gasteiger partial charge is 0.508 e. The van der Waals surface area contributed by atoms with Crippen LogP contribution in [0.25, 0.3) is 0 Å². The molecule has 13 nitrogen and oxygen atoms in total. The van der Waals surface area contributed by atoms with Crippen LogP contribution in [0.2, 0.25) is 0 Å². The summed E-state index contributed by atoms with van der Waals surface area (Å²) in [6.45, 7) is 16.6. The van der Waals surface area contributed by atoms with Crippen LogP contribution in [0.5, 0.6) is 0 Å². The van der Waals surface area contributed by atoms with Gasteiger partial charge in [0.2, 0.25) is 0 Å². The molecule has 0 bridgehead atoms. The van der Waals surface area contributed by atoms with E-state index < -0.39 is 12.1 Å². The van der Waals surface area contributed by atoms with Crippen LogP contribution in [-0.2, 0) is 38.1 Å². The lowest BCUT2D eigenvalue weighted by molar-refractivity contribution is -0.151. The molecule has 13 heteroatoms. The summed E-state index contributed by atoms with van der Waals surface area (Å²) in [5, 5.41) is 5.76. The van der Waals surface area contributed by atoms with Gasteiger partial charge >= 0.3 is 30.1 Å².